The van der Waals surface area contributed by atoms with Crippen molar-refractivity contribution < 1.29 is 9.90 Å². The number of hydrogen-bond donors (Lipinski definition) is 2. The lowest BCUT2D eigenvalue weighted by Crippen LogP contribution is -2.68. The molecule has 0 unspecified atom stereocenters. The van der Waals surface area contributed by atoms with Gasteiger partial charge in [-0.1, -0.05) is 13.8 Å². The average Bonchev–Trinajstić information content (AvgIpc) is 2.11. The Morgan fingerprint density at radius 2 is 2.00 bits per heavy atom. The second-order valence-corrected chi connectivity index (χ2v) is 5.51. The maximum atomic E-state index is 11.9. The van der Waals surface area contributed by atoms with E-state index >= 15 is 0 Å². The lowest BCUT2D eigenvalue weighted by molar-refractivity contribution is -0.171. The summed E-state index contributed by atoms with van der Waals surface area (Å²) in [4.78, 5) is 13.6. The molecular weight excluding hydrogens is 192 g/mol. The zero-order valence-corrected chi connectivity index (χ0v) is 10.1. The van der Waals surface area contributed by atoms with Crippen LogP contribution >= 0.6 is 0 Å². The van der Waals surface area contributed by atoms with Crippen molar-refractivity contribution >= 4 is 5.91 Å². The molecule has 0 spiro atoms. The van der Waals surface area contributed by atoms with Crippen molar-refractivity contribution in [3.05, 3.63) is 0 Å². The fourth-order valence-electron chi connectivity index (χ4n) is 1.64. The van der Waals surface area contributed by atoms with Crippen LogP contribution in [0.3, 0.4) is 0 Å². The quantitative estimate of drug-likeness (QED) is 0.705. The number of nitrogens with two attached hydrogens (primary N) is 1. The van der Waals surface area contributed by atoms with Crippen molar-refractivity contribution in [3.8, 4) is 0 Å². The number of β-amino-alcohol motifs (C(OH)–C–C–N with tert-alkyl or cyclic N) is 1. The van der Waals surface area contributed by atoms with Crippen LogP contribution < -0.4 is 5.73 Å². The molecule has 3 N–H and O–H groups in total. The number of likely N-dealkylation sites (tertiary alicyclic amines) is 1. The number of carbonyl (C=O) groups is 1. The van der Waals surface area contributed by atoms with E-state index in [1.54, 1.807) is 4.90 Å². The van der Waals surface area contributed by atoms with Gasteiger partial charge in [0.1, 0.15) is 5.60 Å². The molecule has 0 saturated carbocycles. The number of carbonyl (C=O) groups excluding carboxylic acids is 1. The summed E-state index contributed by atoms with van der Waals surface area (Å²) in [6, 6.07) is 0. The van der Waals surface area contributed by atoms with Crippen LogP contribution in [0.1, 0.15) is 27.7 Å². The SMILES string of the molecule is CC(C)C1(O)CN(C(=O)C(C)(C)CN)C1. The van der Waals surface area contributed by atoms with E-state index in [0.717, 1.165) is 0 Å². The minimum atomic E-state index is -0.694. The van der Waals surface area contributed by atoms with E-state index < -0.39 is 11.0 Å². The highest BCUT2D eigenvalue weighted by molar-refractivity contribution is 5.83. The molecule has 4 nitrogen and oxygen atoms in total. The fourth-order valence-corrected chi connectivity index (χ4v) is 1.64. The lowest BCUT2D eigenvalue weighted by Gasteiger charge is -2.50. The van der Waals surface area contributed by atoms with Crippen LogP contribution in [0.15, 0.2) is 0 Å². The summed E-state index contributed by atoms with van der Waals surface area (Å²) in [7, 11) is 0. The first-order valence-corrected chi connectivity index (χ1v) is 5.45. The first-order valence-electron chi connectivity index (χ1n) is 5.45. The smallest absolute Gasteiger partial charge is 0.229 e. The highest BCUT2D eigenvalue weighted by Crippen LogP contribution is 2.31. The molecular formula is C11H22N2O2. The average molecular weight is 214 g/mol. The minimum Gasteiger partial charge on any atom is -0.386 e. The molecule has 0 bridgehead atoms. The van der Waals surface area contributed by atoms with E-state index in [9.17, 15) is 9.90 Å². The molecule has 1 aliphatic rings. The molecule has 88 valence electrons. The normalized spacial score (nSPS) is 20.3. The molecule has 1 amide bonds. The third-order valence-corrected chi connectivity index (χ3v) is 3.38. The van der Waals surface area contributed by atoms with Crippen LogP contribution in [0.4, 0.5) is 0 Å². The van der Waals surface area contributed by atoms with Crippen molar-refractivity contribution in [1.29, 1.82) is 0 Å². The standard InChI is InChI=1S/C11H22N2O2/c1-8(2)11(15)6-13(7-11)9(14)10(3,4)5-12/h8,15H,5-7,12H2,1-4H3. The predicted molar refractivity (Wildman–Crippen MR) is 59.2 cm³/mol. The Balaban J connectivity index is 2.56. The molecule has 0 aliphatic carbocycles. The minimum absolute atomic E-state index is 0.0373. The molecule has 1 rings (SSSR count). The molecule has 4 heteroatoms. The largest absolute Gasteiger partial charge is 0.386 e. The van der Waals surface area contributed by atoms with Gasteiger partial charge in [0.05, 0.1) is 18.5 Å². The first-order chi connectivity index (χ1) is 6.73. The number of amides is 1. The van der Waals surface area contributed by atoms with Crippen LogP contribution in [0.2, 0.25) is 0 Å². The van der Waals surface area contributed by atoms with E-state index in [1.165, 1.54) is 0 Å². The molecule has 1 heterocycles. The molecule has 0 aromatic carbocycles. The molecule has 15 heavy (non-hydrogen) atoms. The predicted octanol–water partition coefficient (Wildman–Crippen LogP) is 0.201. The van der Waals surface area contributed by atoms with Gasteiger partial charge in [-0.25, -0.2) is 0 Å². The molecule has 1 saturated heterocycles. The van der Waals surface area contributed by atoms with Gasteiger partial charge < -0.3 is 15.7 Å². The number of hydrogen-bond acceptors (Lipinski definition) is 3. The van der Waals surface area contributed by atoms with E-state index in [2.05, 4.69) is 0 Å². The van der Waals surface area contributed by atoms with Crippen molar-refractivity contribution in [2.45, 2.75) is 33.3 Å². The van der Waals surface area contributed by atoms with Gasteiger partial charge in [0, 0.05) is 6.54 Å². The van der Waals surface area contributed by atoms with Crippen molar-refractivity contribution in [3.63, 3.8) is 0 Å². The Kier molecular flexibility index (Phi) is 3.12. The summed E-state index contributed by atoms with van der Waals surface area (Å²) in [5, 5.41) is 10.0. The Morgan fingerprint density at radius 1 is 1.53 bits per heavy atom. The van der Waals surface area contributed by atoms with Gasteiger partial charge in [-0.3, -0.25) is 4.79 Å². The van der Waals surface area contributed by atoms with Crippen molar-refractivity contribution in [2.24, 2.45) is 17.1 Å². The molecule has 0 atom stereocenters. The van der Waals surface area contributed by atoms with Gasteiger partial charge in [-0.2, -0.15) is 0 Å². The Morgan fingerprint density at radius 3 is 2.33 bits per heavy atom. The first kappa shape index (κ1) is 12.5. The van der Waals surface area contributed by atoms with E-state index in [-0.39, 0.29) is 11.8 Å². The second-order valence-electron chi connectivity index (χ2n) is 5.51. The Labute approximate surface area is 91.4 Å². The van der Waals surface area contributed by atoms with E-state index in [1.807, 2.05) is 27.7 Å². The third kappa shape index (κ3) is 2.16. The summed E-state index contributed by atoms with van der Waals surface area (Å²) >= 11 is 0. The molecule has 0 radical (unpaired) electrons. The fraction of sp³-hybridized carbons (Fsp3) is 0.909. The topological polar surface area (TPSA) is 66.6 Å². The molecule has 1 fully saturated rings. The van der Waals surface area contributed by atoms with Gasteiger partial charge in [0.15, 0.2) is 0 Å². The van der Waals surface area contributed by atoms with Crippen LogP contribution in [0.5, 0.6) is 0 Å². The lowest BCUT2D eigenvalue weighted by atomic mass is 9.80. The maximum absolute atomic E-state index is 11.9. The van der Waals surface area contributed by atoms with Crippen molar-refractivity contribution in [2.75, 3.05) is 19.6 Å². The van der Waals surface area contributed by atoms with Gasteiger partial charge in [-0.05, 0) is 19.8 Å². The van der Waals surface area contributed by atoms with Crippen molar-refractivity contribution in [1.82, 2.24) is 4.90 Å². The second kappa shape index (κ2) is 3.76. The Hall–Kier alpha value is -0.610. The van der Waals surface area contributed by atoms with Crippen LogP contribution in [0, 0.1) is 11.3 Å². The summed E-state index contributed by atoms with van der Waals surface area (Å²) < 4.78 is 0. The highest BCUT2D eigenvalue weighted by atomic mass is 16.3. The van der Waals surface area contributed by atoms with Gasteiger partial charge in [-0.15, -0.1) is 0 Å². The maximum Gasteiger partial charge on any atom is 0.229 e. The third-order valence-electron chi connectivity index (χ3n) is 3.38. The molecule has 0 aromatic heterocycles. The zero-order valence-electron chi connectivity index (χ0n) is 10.1. The Bertz CT molecular complexity index is 255. The van der Waals surface area contributed by atoms with E-state index in [0.29, 0.717) is 19.6 Å². The summed E-state index contributed by atoms with van der Waals surface area (Å²) in [5.74, 6) is 0.220. The summed E-state index contributed by atoms with van der Waals surface area (Å²) in [6.45, 7) is 8.82. The number of nitrogens with zero attached hydrogens (tertiary/aromatic N) is 1. The number of aliphatic hydroxyl groups is 1. The zero-order chi connectivity index (χ0) is 11.9. The van der Waals surface area contributed by atoms with Gasteiger partial charge in [0.2, 0.25) is 5.91 Å². The van der Waals surface area contributed by atoms with Gasteiger partial charge in [0.25, 0.3) is 0 Å². The van der Waals surface area contributed by atoms with Gasteiger partial charge >= 0.3 is 0 Å². The van der Waals surface area contributed by atoms with Crippen LogP contribution in [0.25, 0.3) is 0 Å². The molecule has 0 aromatic rings. The number of rotatable bonds is 3. The summed E-state index contributed by atoms with van der Waals surface area (Å²) in [6.07, 6.45) is 0. The van der Waals surface area contributed by atoms with E-state index in [4.69, 9.17) is 5.73 Å². The van der Waals surface area contributed by atoms with Crippen LogP contribution in [-0.2, 0) is 4.79 Å². The summed E-state index contributed by atoms with van der Waals surface area (Å²) in [5.41, 5.74) is 4.33. The molecule has 1 aliphatic heterocycles. The highest BCUT2D eigenvalue weighted by Gasteiger charge is 2.48. The monoisotopic (exact) mass is 214 g/mol. The van der Waals surface area contributed by atoms with Crippen LogP contribution in [-0.4, -0.2) is 41.1 Å².